The average molecular weight is 430 g/mol. The Morgan fingerprint density at radius 2 is 1.55 bits per heavy atom. The number of aliphatic carboxylic acids is 1. The monoisotopic (exact) mass is 430 g/mol. The molecule has 2 aliphatic rings. The van der Waals surface area contributed by atoms with Crippen LogP contribution in [-0.4, -0.2) is 54.6 Å². The first-order valence-corrected chi connectivity index (χ1v) is 7.79. The summed E-state index contributed by atoms with van der Waals surface area (Å²) in [6, 6.07) is 4.79. The Hall–Kier alpha value is -2.77. The lowest BCUT2D eigenvalue weighted by Crippen LogP contribution is -2.61. The lowest BCUT2D eigenvalue weighted by Gasteiger charge is -2.34. The van der Waals surface area contributed by atoms with Gasteiger partial charge in [-0.25, -0.2) is 9.18 Å². The van der Waals surface area contributed by atoms with Crippen molar-refractivity contribution in [1.29, 1.82) is 0 Å². The summed E-state index contributed by atoms with van der Waals surface area (Å²) in [7, 11) is 0. The standard InChI is InChI=1S/C13H12F4N4O.C2HF3O2/c14-11(5-18-6-11)7-19-10(22)8-1-3-9(4-2-8)12(20-21-12)13(15,16)17;3-2(4,5)1(6)7/h1-4,18H,5-7H2,(H,19,22);(H,6,7). The highest BCUT2D eigenvalue weighted by atomic mass is 19.4. The molecule has 29 heavy (non-hydrogen) atoms. The van der Waals surface area contributed by atoms with Gasteiger partial charge in [-0.05, 0) is 12.1 Å². The molecule has 0 atom stereocenters. The number of hydrogen-bond acceptors (Lipinski definition) is 5. The highest BCUT2D eigenvalue weighted by molar-refractivity contribution is 5.94. The highest BCUT2D eigenvalue weighted by Gasteiger charge is 2.65. The Bertz CT molecular complexity index is 796. The molecule has 2 heterocycles. The van der Waals surface area contributed by atoms with Crippen molar-refractivity contribution in [2.24, 2.45) is 10.2 Å². The molecule has 0 bridgehead atoms. The van der Waals surface area contributed by atoms with Gasteiger partial charge in [0.1, 0.15) is 0 Å². The molecule has 7 nitrogen and oxygen atoms in total. The van der Waals surface area contributed by atoms with E-state index in [0.29, 0.717) is 0 Å². The summed E-state index contributed by atoms with van der Waals surface area (Å²) in [6.45, 7) is 0.199. The van der Waals surface area contributed by atoms with Crippen LogP contribution >= 0.6 is 0 Å². The molecule has 1 aromatic carbocycles. The number of hydrogen-bond donors (Lipinski definition) is 3. The van der Waals surface area contributed by atoms with Gasteiger partial charge in [0, 0.05) is 24.2 Å². The van der Waals surface area contributed by atoms with Crippen molar-refractivity contribution >= 4 is 11.9 Å². The molecule has 1 saturated heterocycles. The Balaban J connectivity index is 0.000000370. The Labute approximate surface area is 158 Å². The van der Waals surface area contributed by atoms with Crippen molar-refractivity contribution in [2.45, 2.75) is 23.7 Å². The van der Waals surface area contributed by atoms with Gasteiger partial charge in [-0.1, -0.05) is 12.1 Å². The number of amides is 1. The summed E-state index contributed by atoms with van der Waals surface area (Å²) in [6.07, 6.45) is -9.69. The number of nitrogens with one attached hydrogen (secondary N) is 2. The molecule has 1 fully saturated rings. The smallest absolute Gasteiger partial charge is 0.475 e. The van der Waals surface area contributed by atoms with Crippen molar-refractivity contribution in [2.75, 3.05) is 19.6 Å². The third kappa shape index (κ3) is 5.19. The van der Waals surface area contributed by atoms with Crippen molar-refractivity contribution in [1.82, 2.24) is 10.6 Å². The van der Waals surface area contributed by atoms with E-state index in [2.05, 4.69) is 20.9 Å². The van der Waals surface area contributed by atoms with Crippen LogP contribution in [-0.2, 0) is 10.5 Å². The Kier molecular flexibility index (Phi) is 5.88. The summed E-state index contributed by atoms with van der Waals surface area (Å²) in [4.78, 5) is 20.7. The molecule has 3 rings (SSSR count). The lowest BCUT2D eigenvalue weighted by molar-refractivity contribution is -0.192. The Morgan fingerprint density at radius 3 is 1.86 bits per heavy atom. The minimum atomic E-state index is -5.08. The molecular weight excluding hydrogens is 417 g/mol. The number of carboxylic acid groups (broad SMARTS) is 1. The number of alkyl halides is 7. The molecule has 3 N–H and O–H groups in total. The van der Waals surface area contributed by atoms with Crippen LogP contribution in [0.25, 0.3) is 0 Å². The molecule has 2 aliphatic heterocycles. The fourth-order valence-corrected chi connectivity index (χ4v) is 2.16. The lowest BCUT2D eigenvalue weighted by atomic mass is 9.99. The van der Waals surface area contributed by atoms with E-state index in [1.54, 1.807) is 0 Å². The predicted molar refractivity (Wildman–Crippen MR) is 81.8 cm³/mol. The van der Waals surface area contributed by atoms with Gasteiger partial charge < -0.3 is 15.7 Å². The highest BCUT2D eigenvalue weighted by Crippen LogP contribution is 2.52. The molecule has 0 aliphatic carbocycles. The number of nitrogens with zero attached hydrogens (tertiary/aromatic N) is 2. The molecule has 0 radical (unpaired) electrons. The zero-order chi connectivity index (χ0) is 22.1. The van der Waals surface area contributed by atoms with Gasteiger partial charge in [-0.3, -0.25) is 4.79 Å². The van der Waals surface area contributed by atoms with E-state index in [1.807, 2.05) is 0 Å². The van der Waals surface area contributed by atoms with Crippen LogP contribution in [0.15, 0.2) is 34.5 Å². The van der Waals surface area contributed by atoms with Crippen LogP contribution in [0.4, 0.5) is 30.7 Å². The molecule has 0 spiro atoms. The average Bonchev–Trinajstić information content (AvgIpc) is 3.39. The van der Waals surface area contributed by atoms with Crippen LogP contribution in [0.1, 0.15) is 15.9 Å². The summed E-state index contributed by atoms with van der Waals surface area (Å²) >= 11 is 0. The molecule has 14 heteroatoms. The van der Waals surface area contributed by atoms with Gasteiger partial charge in [0.15, 0.2) is 5.67 Å². The van der Waals surface area contributed by atoms with Gasteiger partial charge in [0.2, 0.25) is 0 Å². The van der Waals surface area contributed by atoms with E-state index >= 15 is 0 Å². The van der Waals surface area contributed by atoms with E-state index in [1.165, 1.54) is 12.1 Å². The number of benzene rings is 1. The first-order chi connectivity index (χ1) is 13.2. The van der Waals surface area contributed by atoms with Gasteiger partial charge in [-0.15, -0.1) is 10.2 Å². The second-order valence-corrected chi connectivity index (χ2v) is 6.19. The topological polar surface area (TPSA) is 103 Å². The zero-order valence-corrected chi connectivity index (χ0v) is 14.2. The van der Waals surface area contributed by atoms with Crippen molar-refractivity contribution in [3.63, 3.8) is 0 Å². The number of rotatable bonds is 4. The Morgan fingerprint density at radius 1 is 1.07 bits per heavy atom. The predicted octanol–water partition coefficient (Wildman–Crippen LogP) is 2.54. The van der Waals surface area contributed by atoms with E-state index in [4.69, 9.17) is 9.90 Å². The third-order valence-corrected chi connectivity index (χ3v) is 3.94. The first-order valence-electron chi connectivity index (χ1n) is 7.79. The van der Waals surface area contributed by atoms with Crippen LogP contribution in [0.2, 0.25) is 0 Å². The minimum Gasteiger partial charge on any atom is -0.475 e. The van der Waals surface area contributed by atoms with Gasteiger partial charge in [0.25, 0.3) is 5.91 Å². The maximum Gasteiger partial charge on any atom is 0.490 e. The maximum absolute atomic E-state index is 13.7. The number of halogens is 7. The number of carbonyl (C=O) groups is 2. The summed E-state index contributed by atoms with van der Waals surface area (Å²) in [5.74, 6) is -3.30. The molecule has 0 saturated carbocycles. The van der Waals surface area contributed by atoms with Crippen LogP contribution in [0.3, 0.4) is 0 Å². The van der Waals surface area contributed by atoms with Crippen LogP contribution in [0.5, 0.6) is 0 Å². The summed E-state index contributed by atoms with van der Waals surface area (Å²) < 4.78 is 83.9. The van der Waals surface area contributed by atoms with E-state index in [-0.39, 0.29) is 30.8 Å². The normalized spacial score (nSPS) is 18.7. The quantitative estimate of drug-likeness (QED) is 0.639. The largest absolute Gasteiger partial charge is 0.490 e. The molecular formula is C15H13F7N4O3. The second kappa shape index (κ2) is 7.57. The molecule has 1 amide bonds. The fourth-order valence-electron chi connectivity index (χ4n) is 2.16. The van der Waals surface area contributed by atoms with Crippen molar-refractivity contribution in [3.8, 4) is 0 Å². The van der Waals surface area contributed by atoms with Gasteiger partial charge in [-0.2, -0.15) is 26.3 Å². The molecule has 0 unspecified atom stereocenters. The van der Waals surface area contributed by atoms with E-state index < -0.39 is 35.6 Å². The molecule has 160 valence electrons. The maximum atomic E-state index is 13.7. The van der Waals surface area contributed by atoms with Gasteiger partial charge >= 0.3 is 24.0 Å². The van der Waals surface area contributed by atoms with Gasteiger partial charge in [0.05, 0.1) is 6.54 Å². The van der Waals surface area contributed by atoms with E-state index in [9.17, 15) is 35.5 Å². The summed E-state index contributed by atoms with van der Waals surface area (Å²) in [5, 5.41) is 18.5. The third-order valence-electron chi connectivity index (χ3n) is 3.94. The molecule has 1 aromatic rings. The van der Waals surface area contributed by atoms with Crippen molar-refractivity contribution < 1.29 is 45.4 Å². The number of carboxylic acids is 1. The van der Waals surface area contributed by atoms with Crippen LogP contribution in [0, 0.1) is 0 Å². The van der Waals surface area contributed by atoms with Crippen molar-refractivity contribution in [3.05, 3.63) is 35.4 Å². The fraction of sp³-hybridized carbons (Fsp3) is 0.467. The minimum absolute atomic E-state index is 0.141. The number of carbonyl (C=O) groups excluding carboxylic acids is 1. The first kappa shape index (κ1) is 22.5. The molecule has 0 aromatic heterocycles. The SMILES string of the molecule is O=C(NCC1(F)CNC1)c1ccc(C2(C(F)(F)F)N=N2)cc1.O=C(O)C(F)(F)F. The second-order valence-electron chi connectivity index (χ2n) is 6.19. The van der Waals surface area contributed by atoms with Crippen LogP contribution < -0.4 is 10.6 Å². The zero-order valence-electron chi connectivity index (χ0n) is 14.2. The van der Waals surface area contributed by atoms with E-state index in [0.717, 1.165) is 12.1 Å². The summed E-state index contributed by atoms with van der Waals surface area (Å²) in [5.41, 5.74) is -3.95.